The zero-order chi connectivity index (χ0) is 34.6. The number of hydrogen-bond acceptors (Lipinski definition) is 8. The summed E-state index contributed by atoms with van der Waals surface area (Å²) in [6, 6.07) is 15.2. The molecule has 0 aliphatic carbocycles. The molecule has 0 bridgehead atoms. The van der Waals surface area contributed by atoms with Crippen molar-refractivity contribution in [2.75, 3.05) is 43.2 Å². The first-order valence-corrected chi connectivity index (χ1v) is 20.1. The number of nitrogens with zero attached hydrogens (tertiary/aromatic N) is 3. The number of amides is 3. The Morgan fingerprint density at radius 1 is 1.10 bits per heavy atom. The number of methoxy groups -OCH3 is 1. The van der Waals surface area contributed by atoms with Crippen LogP contribution >= 0.6 is 0 Å². The maximum atomic E-state index is 14.7. The molecule has 3 aliphatic rings. The molecule has 0 radical (unpaired) electrons. The molecule has 12 heteroatoms. The number of esters is 1. The van der Waals surface area contributed by atoms with Crippen molar-refractivity contribution in [3.63, 3.8) is 0 Å². The summed E-state index contributed by atoms with van der Waals surface area (Å²) in [5.41, 5.74) is 0.988. The van der Waals surface area contributed by atoms with Crippen molar-refractivity contribution in [1.29, 1.82) is 0 Å². The van der Waals surface area contributed by atoms with Gasteiger partial charge in [-0.1, -0.05) is 37.3 Å². The quantitative estimate of drug-likeness (QED) is 0.184. The van der Waals surface area contributed by atoms with Crippen LogP contribution in [0.15, 0.2) is 48.5 Å². The van der Waals surface area contributed by atoms with Crippen LogP contribution in [0.25, 0.3) is 0 Å². The van der Waals surface area contributed by atoms with E-state index in [-0.39, 0.29) is 49.7 Å². The minimum atomic E-state index is -3.05. The van der Waals surface area contributed by atoms with E-state index < -0.39 is 31.5 Å². The molecule has 0 aromatic heterocycles. The van der Waals surface area contributed by atoms with Crippen molar-refractivity contribution in [2.24, 2.45) is 5.92 Å². The second-order valence-electron chi connectivity index (χ2n) is 13.8. The molecule has 2 N–H and O–H groups in total. The Balaban J connectivity index is 1.51. The summed E-state index contributed by atoms with van der Waals surface area (Å²) in [5.74, 6) is -1.26. The average molecular weight is 680 g/mol. The minimum Gasteiger partial charge on any atom is -0.469 e. The summed E-state index contributed by atoms with van der Waals surface area (Å²) >= 11 is 0. The van der Waals surface area contributed by atoms with E-state index in [0.29, 0.717) is 55.8 Å². The minimum absolute atomic E-state index is 0.0345. The van der Waals surface area contributed by atoms with Crippen molar-refractivity contribution >= 4 is 43.4 Å². The van der Waals surface area contributed by atoms with Gasteiger partial charge in [0.1, 0.15) is 0 Å². The van der Waals surface area contributed by atoms with Gasteiger partial charge in [0.15, 0.2) is 13.9 Å². The van der Waals surface area contributed by atoms with Crippen LogP contribution < -0.4 is 9.80 Å². The number of aliphatic hydroxyl groups is 1. The van der Waals surface area contributed by atoms with Gasteiger partial charge in [-0.2, -0.15) is 0 Å². The lowest BCUT2D eigenvalue weighted by Gasteiger charge is -2.33. The Labute approximate surface area is 283 Å². The van der Waals surface area contributed by atoms with E-state index >= 15 is 0 Å². The number of fused-ring (bicyclic) bond motifs is 2. The highest BCUT2D eigenvalue weighted by molar-refractivity contribution is 6.71. The smallest absolute Gasteiger partial charge is 0.305 e. The van der Waals surface area contributed by atoms with Crippen LogP contribution in [0.4, 0.5) is 11.4 Å². The molecule has 2 aromatic rings. The highest BCUT2D eigenvalue weighted by atomic mass is 28.4. The molecule has 48 heavy (non-hydrogen) atoms. The highest BCUT2D eigenvalue weighted by Crippen LogP contribution is 2.60. The molecule has 3 amide bonds. The highest BCUT2D eigenvalue weighted by Gasteiger charge is 2.66. The number of aliphatic hydroxyl groups excluding tert-OH is 1. The first-order chi connectivity index (χ1) is 22.9. The van der Waals surface area contributed by atoms with Crippen LogP contribution in [0.1, 0.15) is 63.0 Å². The summed E-state index contributed by atoms with van der Waals surface area (Å²) < 4.78 is 11.7. The molecule has 3 aliphatic heterocycles. The van der Waals surface area contributed by atoms with Gasteiger partial charge in [-0.15, -0.1) is 0 Å². The molecule has 2 aromatic carbocycles. The van der Waals surface area contributed by atoms with Crippen LogP contribution in [-0.2, 0) is 40.8 Å². The Morgan fingerprint density at radius 3 is 2.52 bits per heavy atom. The van der Waals surface area contributed by atoms with Gasteiger partial charge < -0.3 is 34.1 Å². The van der Waals surface area contributed by atoms with Crippen molar-refractivity contribution < 1.29 is 38.6 Å². The number of carbonyl (C=O) groups is 4. The van der Waals surface area contributed by atoms with Gasteiger partial charge >= 0.3 is 5.97 Å². The Hall–Kier alpha value is -3.58. The van der Waals surface area contributed by atoms with E-state index in [1.807, 2.05) is 68.5 Å². The van der Waals surface area contributed by atoms with Crippen LogP contribution in [0.2, 0.25) is 18.6 Å². The van der Waals surface area contributed by atoms with Crippen molar-refractivity contribution in [3.05, 3.63) is 59.7 Å². The summed E-state index contributed by atoms with van der Waals surface area (Å²) in [7, 11) is -1.70. The van der Waals surface area contributed by atoms with Crippen LogP contribution in [0.5, 0.6) is 0 Å². The van der Waals surface area contributed by atoms with Gasteiger partial charge in [0, 0.05) is 61.7 Å². The molecule has 11 nitrogen and oxygen atoms in total. The third kappa shape index (κ3) is 7.07. The molecule has 260 valence electrons. The largest absolute Gasteiger partial charge is 0.469 e. The Morgan fingerprint density at radius 2 is 1.85 bits per heavy atom. The zero-order valence-corrected chi connectivity index (χ0v) is 29.5. The van der Waals surface area contributed by atoms with Crippen LogP contribution in [-0.4, -0.2) is 86.3 Å². The fourth-order valence-corrected chi connectivity index (χ4v) is 10.4. The van der Waals surface area contributed by atoms with Crippen LogP contribution in [0.3, 0.4) is 0 Å². The Bertz CT molecular complexity index is 1500. The number of rotatable bonds is 13. The predicted octanol–water partition coefficient (Wildman–Crippen LogP) is 4.10. The first kappa shape index (κ1) is 35.7. The molecule has 2 fully saturated rings. The number of benzene rings is 2. The average Bonchev–Trinajstić information content (AvgIpc) is 3.49. The zero-order valence-electron chi connectivity index (χ0n) is 28.5. The van der Waals surface area contributed by atoms with Gasteiger partial charge in [-0.25, -0.2) is 0 Å². The number of anilines is 2. The van der Waals surface area contributed by atoms with Crippen LogP contribution in [0, 0.1) is 5.92 Å². The molecule has 0 saturated carbocycles. The number of carbonyl (C=O) groups excluding carboxylic acids is 4. The summed E-state index contributed by atoms with van der Waals surface area (Å²) in [6.07, 6.45) is 2.70. The lowest BCUT2D eigenvalue weighted by Crippen LogP contribution is -2.46. The van der Waals surface area contributed by atoms with Gasteiger partial charge in [-0.3, -0.25) is 19.2 Å². The standard InChI is InChI=1S/C36H49N3O8Si/c1-25-34(48(3,4)45)30(23-32(42)37(20-21-40)24-26-12-6-5-7-13-26)47-36(25)28-22-27(38-18-10-8-14-31(38)41)16-17-29(28)39(35(36)44)19-11-9-15-33(43)46-2/h5-7,12-13,16-17,22,25,30,34,40,45H,8-11,14-15,18-21,23-24H2,1-4H3/t25-,30+,34-,36+/m0/s1. The monoisotopic (exact) mass is 679 g/mol. The molecular formula is C36H49N3O8Si. The molecule has 5 rings (SSSR count). The molecule has 2 saturated heterocycles. The van der Waals surface area contributed by atoms with E-state index in [0.717, 1.165) is 18.4 Å². The van der Waals surface area contributed by atoms with Crippen molar-refractivity contribution in [3.8, 4) is 0 Å². The second-order valence-corrected chi connectivity index (χ2v) is 17.8. The normalized spacial score (nSPS) is 23.9. The number of hydrogen-bond donors (Lipinski definition) is 2. The predicted molar refractivity (Wildman–Crippen MR) is 184 cm³/mol. The summed E-state index contributed by atoms with van der Waals surface area (Å²) in [6.45, 7) is 6.74. The maximum absolute atomic E-state index is 14.7. The molecule has 0 unspecified atom stereocenters. The maximum Gasteiger partial charge on any atom is 0.305 e. The van der Waals surface area contributed by atoms with E-state index in [4.69, 9.17) is 9.47 Å². The molecule has 1 spiro atoms. The van der Waals surface area contributed by atoms with Gasteiger partial charge in [0.05, 0.1) is 31.9 Å². The lowest BCUT2D eigenvalue weighted by molar-refractivity contribution is -0.150. The van der Waals surface area contributed by atoms with Gasteiger partial charge in [-0.05, 0) is 62.5 Å². The van der Waals surface area contributed by atoms with Crippen molar-refractivity contribution in [1.82, 2.24) is 4.90 Å². The number of unbranched alkanes of at least 4 members (excludes halogenated alkanes) is 1. The Kier molecular flexibility index (Phi) is 11.1. The van der Waals surface area contributed by atoms with Crippen molar-refractivity contribution in [2.45, 2.75) is 88.8 Å². The number of ether oxygens (including phenoxy) is 2. The fourth-order valence-electron chi connectivity index (χ4n) is 7.89. The second kappa shape index (κ2) is 14.9. The van der Waals surface area contributed by atoms with Gasteiger partial charge in [0.2, 0.25) is 11.8 Å². The third-order valence-electron chi connectivity index (χ3n) is 10.2. The van der Waals surface area contributed by atoms with Gasteiger partial charge in [0.25, 0.3) is 5.91 Å². The van der Waals surface area contributed by atoms with E-state index in [1.54, 1.807) is 14.7 Å². The number of piperidine rings is 1. The summed E-state index contributed by atoms with van der Waals surface area (Å²) in [5, 5.41) is 9.81. The topological polar surface area (TPSA) is 137 Å². The lowest BCUT2D eigenvalue weighted by atomic mass is 9.82. The first-order valence-electron chi connectivity index (χ1n) is 17.1. The summed E-state index contributed by atoms with van der Waals surface area (Å²) in [4.78, 5) is 70.1. The van der Waals surface area contributed by atoms with E-state index in [9.17, 15) is 29.1 Å². The molecular weight excluding hydrogens is 630 g/mol. The molecule has 3 heterocycles. The molecule has 4 atom stereocenters. The SMILES string of the molecule is COC(=O)CCCCN1C(=O)[C@]2(O[C@H](CC(=O)N(CCO)Cc3ccccc3)[C@@H]([Si](C)(C)O)[C@@H]2C)c2cc(N3CCCCC3=O)ccc21. The third-order valence-corrected chi connectivity index (χ3v) is 12.7. The van der Waals surface area contributed by atoms with E-state index in [2.05, 4.69) is 0 Å². The fraction of sp³-hybridized carbons (Fsp3) is 0.556. The van der Waals surface area contributed by atoms with E-state index in [1.165, 1.54) is 7.11 Å².